The second-order valence-corrected chi connectivity index (χ2v) is 3.04. The van der Waals surface area contributed by atoms with Crippen LogP contribution < -0.4 is 0 Å². The minimum Gasteiger partial charge on any atom is -0.466 e. The minimum absolute atomic E-state index is 0.350. The average Bonchev–Trinajstić information content (AvgIpc) is 2.34. The van der Waals surface area contributed by atoms with E-state index in [1.165, 1.54) is 13.2 Å². The molecule has 2 heteroatoms. The molecule has 0 heterocycles. The van der Waals surface area contributed by atoms with Crippen LogP contribution in [0.25, 0.3) is 6.08 Å². The van der Waals surface area contributed by atoms with Crippen molar-refractivity contribution < 1.29 is 9.53 Å². The molecule has 2 nitrogen and oxygen atoms in total. The average molecular weight is 214 g/mol. The van der Waals surface area contributed by atoms with Crippen LogP contribution in [0.4, 0.5) is 0 Å². The molecule has 0 fully saturated rings. The van der Waals surface area contributed by atoms with E-state index in [0.717, 1.165) is 5.56 Å². The Morgan fingerprint density at radius 2 is 1.75 bits per heavy atom. The molecule has 0 aliphatic carbocycles. The molecule has 0 aliphatic heterocycles. The van der Waals surface area contributed by atoms with Gasteiger partial charge in [-0.1, -0.05) is 60.7 Å². The van der Waals surface area contributed by atoms with E-state index in [-0.39, 0.29) is 5.97 Å². The Balaban J connectivity index is 2.40. The van der Waals surface area contributed by atoms with Crippen molar-refractivity contribution >= 4 is 12.0 Å². The molecular formula is C14H14O2. The molecule has 0 aromatic heterocycles. The van der Waals surface area contributed by atoms with Crippen LogP contribution in [0.15, 0.2) is 60.7 Å². The summed E-state index contributed by atoms with van der Waals surface area (Å²) < 4.78 is 4.45. The zero-order chi connectivity index (χ0) is 11.6. The largest absolute Gasteiger partial charge is 0.466 e. The normalized spacial score (nSPS) is 11.6. The highest BCUT2D eigenvalue weighted by Gasteiger charge is 1.85. The lowest BCUT2D eigenvalue weighted by Gasteiger charge is -1.88. The van der Waals surface area contributed by atoms with Gasteiger partial charge < -0.3 is 4.74 Å². The summed E-state index contributed by atoms with van der Waals surface area (Å²) in [5.74, 6) is -0.350. The topological polar surface area (TPSA) is 26.3 Å². The predicted molar refractivity (Wildman–Crippen MR) is 65.8 cm³/mol. The summed E-state index contributed by atoms with van der Waals surface area (Å²) in [5, 5.41) is 0. The fraction of sp³-hybridized carbons (Fsp3) is 0.0714. The third kappa shape index (κ3) is 4.96. The highest BCUT2D eigenvalue weighted by atomic mass is 16.5. The number of rotatable bonds is 4. The maximum Gasteiger partial charge on any atom is 0.330 e. The van der Waals surface area contributed by atoms with Gasteiger partial charge in [-0.25, -0.2) is 4.79 Å². The highest BCUT2D eigenvalue weighted by Crippen LogP contribution is 2.00. The number of carbonyl (C=O) groups is 1. The van der Waals surface area contributed by atoms with Gasteiger partial charge in [0, 0.05) is 6.08 Å². The second kappa shape index (κ2) is 7.23. The van der Waals surface area contributed by atoms with Crippen molar-refractivity contribution in [3.05, 3.63) is 66.3 Å². The monoisotopic (exact) mass is 214 g/mol. The third-order valence-electron chi connectivity index (χ3n) is 1.86. The summed E-state index contributed by atoms with van der Waals surface area (Å²) in [6.07, 6.45) is 10.5. The standard InChI is InChI=1S/C14H14O2/c1-16-14(15)12-8-3-2-5-9-13-10-6-4-7-11-13/h2-12H,1H3/b3-2+,9-5+,12-8+. The number of ether oxygens (including phenoxy) is 1. The molecule has 1 aromatic carbocycles. The van der Waals surface area contributed by atoms with Crippen molar-refractivity contribution in [2.24, 2.45) is 0 Å². The van der Waals surface area contributed by atoms with Crippen molar-refractivity contribution in [2.45, 2.75) is 0 Å². The molecule has 0 radical (unpaired) electrons. The summed E-state index contributed by atoms with van der Waals surface area (Å²) >= 11 is 0. The summed E-state index contributed by atoms with van der Waals surface area (Å²) in [6.45, 7) is 0. The van der Waals surface area contributed by atoms with Gasteiger partial charge >= 0.3 is 5.97 Å². The highest BCUT2D eigenvalue weighted by molar-refractivity contribution is 5.82. The molecule has 0 N–H and O–H groups in total. The first-order valence-electron chi connectivity index (χ1n) is 4.97. The molecule has 0 amide bonds. The van der Waals surface area contributed by atoms with Gasteiger partial charge in [0.15, 0.2) is 0 Å². The second-order valence-electron chi connectivity index (χ2n) is 3.04. The molecule has 1 rings (SSSR count). The van der Waals surface area contributed by atoms with Crippen molar-refractivity contribution in [1.82, 2.24) is 0 Å². The Hall–Kier alpha value is -2.09. The number of methoxy groups -OCH3 is 1. The van der Waals surface area contributed by atoms with Crippen molar-refractivity contribution in [1.29, 1.82) is 0 Å². The van der Waals surface area contributed by atoms with Crippen LogP contribution in [0.3, 0.4) is 0 Å². The van der Waals surface area contributed by atoms with Gasteiger partial charge in [0.25, 0.3) is 0 Å². The number of hydrogen-bond donors (Lipinski definition) is 0. The van der Waals surface area contributed by atoms with Crippen LogP contribution in [0, 0.1) is 0 Å². The number of allylic oxidation sites excluding steroid dienone is 4. The van der Waals surface area contributed by atoms with Crippen LogP contribution in [0.5, 0.6) is 0 Å². The van der Waals surface area contributed by atoms with Crippen LogP contribution in [0.2, 0.25) is 0 Å². The fourth-order valence-electron chi connectivity index (χ4n) is 1.06. The Morgan fingerprint density at radius 1 is 1.06 bits per heavy atom. The van der Waals surface area contributed by atoms with Crippen LogP contribution in [0.1, 0.15) is 5.56 Å². The van der Waals surface area contributed by atoms with E-state index in [4.69, 9.17) is 0 Å². The summed E-state index contributed by atoms with van der Waals surface area (Å²) in [5.41, 5.74) is 1.14. The van der Waals surface area contributed by atoms with Gasteiger partial charge in [0.2, 0.25) is 0 Å². The van der Waals surface area contributed by atoms with Gasteiger partial charge in [-0.2, -0.15) is 0 Å². The van der Waals surface area contributed by atoms with Crippen LogP contribution >= 0.6 is 0 Å². The number of esters is 1. The van der Waals surface area contributed by atoms with Crippen LogP contribution in [-0.4, -0.2) is 13.1 Å². The summed E-state index contributed by atoms with van der Waals surface area (Å²) in [7, 11) is 1.35. The molecule has 1 aromatic rings. The van der Waals surface area contributed by atoms with Gasteiger partial charge in [-0.05, 0) is 5.56 Å². The van der Waals surface area contributed by atoms with Crippen molar-refractivity contribution in [2.75, 3.05) is 7.11 Å². The predicted octanol–water partition coefficient (Wildman–Crippen LogP) is 2.99. The van der Waals surface area contributed by atoms with Gasteiger partial charge in [0.1, 0.15) is 0 Å². The first-order valence-corrected chi connectivity index (χ1v) is 4.97. The minimum atomic E-state index is -0.350. The van der Waals surface area contributed by atoms with Gasteiger partial charge in [-0.3, -0.25) is 0 Å². The molecular weight excluding hydrogens is 200 g/mol. The Kier molecular flexibility index (Phi) is 5.42. The lowest BCUT2D eigenvalue weighted by Crippen LogP contribution is -1.92. The first kappa shape index (κ1) is 12.0. The van der Waals surface area contributed by atoms with Crippen molar-refractivity contribution in [3.8, 4) is 0 Å². The molecule has 0 saturated heterocycles. The Morgan fingerprint density at radius 3 is 2.44 bits per heavy atom. The van der Waals surface area contributed by atoms with Crippen molar-refractivity contribution in [3.63, 3.8) is 0 Å². The molecule has 0 saturated carbocycles. The number of hydrogen-bond acceptors (Lipinski definition) is 2. The molecule has 16 heavy (non-hydrogen) atoms. The number of carbonyl (C=O) groups excluding carboxylic acids is 1. The third-order valence-corrected chi connectivity index (χ3v) is 1.86. The summed E-state index contributed by atoms with van der Waals surface area (Å²) in [6, 6.07) is 10.00. The van der Waals surface area contributed by atoms with Gasteiger partial charge in [0.05, 0.1) is 7.11 Å². The zero-order valence-electron chi connectivity index (χ0n) is 9.17. The maximum absolute atomic E-state index is 10.7. The molecule has 0 aliphatic rings. The summed E-state index contributed by atoms with van der Waals surface area (Å²) in [4.78, 5) is 10.7. The van der Waals surface area contributed by atoms with Crippen LogP contribution in [-0.2, 0) is 9.53 Å². The van der Waals surface area contributed by atoms with E-state index in [2.05, 4.69) is 4.74 Å². The lowest BCUT2D eigenvalue weighted by atomic mass is 10.2. The first-order chi connectivity index (χ1) is 7.83. The Labute approximate surface area is 95.6 Å². The molecule has 82 valence electrons. The smallest absolute Gasteiger partial charge is 0.330 e. The molecule has 0 bridgehead atoms. The van der Waals surface area contributed by atoms with E-state index in [9.17, 15) is 4.79 Å². The Bertz CT molecular complexity index is 400. The number of benzene rings is 1. The van der Waals surface area contributed by atoms with Gasteiger partial charge in [-0.15, -0.1) is 0 Å². The fourth-order valence-corrected chi connectivity index (χ4v) is 1.06. The van der Waals surface area contributed by atoms with E-state index in [1.54, 1.807) is 12.2 Å². The maximum atomic E-state index is 10.7. The zero-order valence-corrected chi connectivity index (χ0v) is 9.17. The van der Waals surface area contributed by atoms with E-state index in [0.29, 0.717) is 0 Å². The molecule has 0 unspecified atom stereocenters. The molecule has 0 spiro atoms. The SMILES string of the molecule is COC(=O)/C=C/C=C/C=C/c1ccccc1. The quantitative estimate of drug-likeness (QED) is 0.437. The lowest BCUT2D eigenvalue weighted by molar-refractivity contribution is -0.134. The van der Waals surface area contributed by atoms with E-state index in [1.807, 2.05) is 48.6 Å². The van der Waals surface area contributed by atoms with E-state index >= 15 is 0 Å². The van der Waals surface area contributed by atoms with E-state index < -0.39 is 0 Å². The molecule has 0 atom stereocenters.